The summed E-state index contributed by atoms with van der Waals surface area (Å²) in [5.74, 6) is 0.579. The fourth-order valence-electron chi connectivity index (χ4n) is 3.38. The molecule has 0 radical (unpaired) electrons. The van der Waals surface area contributed by atoms with Crippen molar-refractivity contribution in [1.29, 1.82) is 0 Å². The van der Waals surface area contributed by atoms with Gasteiger partial charge in [-0.2, -0.15) is 5.10 Å². The predicted molar refractivity (Wildman–Crippen MR) is 120 cm³/mol. The molecule has 0 atom stereocenters. The number of carbonyl (C=O) groups is 1. The number of aryl methyl sites for hydroxylation is 1. The lowest BCUT2D eigenvalue weighted by Gasteiger charge is -2.11. The molecule has 3 heterocycles. The molecular formula is C23H23N5OS. The number of hydrogen-bond donors (Lipinski definition) is 1. The number of amides is 1. The molecule has 1 aromatic carbocycles. The lowest BCUT2D eigenvalue weighted by atomic mass is 10.1. The van der Waals surface area contributed by atoms with Crippen LogP contribution in [0.15, 0.2) is 61.1 Å². The van der Waals surface area contributed by atoms with Crippen LogP contribution in [-0.2, 0) is 6.42 Å². The highest BCUT2D eigenvalue weighted by Crippen LogP contribution is 2.25. The number of aromatic nitrogens is 4. The predicted octanol–water partition coefficient (Wildman–Crippen LogP) is 5.00. The molecule has 7 heteroatoms. The average molecular weight is 418 g/mol. The zero-order chi connectivity index (χ0) is 21.1. The third kappa shape index (κ3) is 4.31. The molecule has 152 valence electrons. The van der Waals surface area contributed by atoms with Gasteiger partial charge >= 0.3 is 0 Å². The van der Waals surface area contributed by atoms with Crippen LogP contribution in [0.5, 0.6) is 0 Å². The van der Waals surface area contributed by atoms with Gasteiger partial charge in [0, 0.05) is 23.7 Å². The first-order valence-electron chi connectivity index (χ1n) is 9.82. The summed E-state index contributed by atoms with van der Waals surface area (Å²) >= 11 is 1.49. The van der Waals surface area contributed by atoms with Crippen LogP contribution < -0.4 is 5.32 Å². The highest BCUT2D eigenvalue weighted by Gasteiger charge is 2.22. The van der Waals surface area contributed by atoms with Crippen LogP contribution >= 0.6 is 11.3 Å². The van der Waals surface area contributed by atoms with Crippen LogP contribution in [0.25, 0.3) is 5.82 Å². The molecule has 0 unspecified atom stereocenters. The zero-order valence-electron chi connectivity index (χ0n) is 17.2. The standard InChI is InChI=1S/C23H23N5OS/c1-15(2)21-19(14-26-28(21)20-9-4-5-10-24-20)22(29)27-23-25-13-18(30-23)12-17-8-6-7-16(3)11-17/h4-11,13-15H,12H2,1-3H3,(H,25,27,29). The third-order valence-electron chi connectivity index (χ3n) is 4.70. The highest BCUT2D eigenvalue weighted by atomic mass is 32.1. The van der Waals surface area contributed by atoms with E-state index in [2.05, 4.69) is 51.6 Å². The molecule has 0 bridgehead atoms. The van der Waals surface area contributed by atoms with E-state index in [1.807, 2.05) is 38.2 Å². The molecule has 30 heavy (non-hydrogen) atoms. The largest absolute Gasteiger partial charge is 0.298 e. The Kier molecular flexibility index (Phi) is 5.72. The van der Waals surface area contributed by atoms with Gasteiger partial charge in [-0.05, 0) is 30.5 Å². The molecule has 3 aromatic heterocycles. The van der Waals surface area contributed by atoms with Crippen molar-refractivity contribution in [1.82, 2.24) is 19.7 Å². The minimum Gasteiger partial charge on any atom is -0.298 e. The Morgan fingerprint density at radius 1 is 1.13 bits per heavy atom. The van der Waals surface area contributed by atoms with Crippen LogP contribution in [0.4, 0.5) is 5.13 Å². The minimum absolute atomic E-state index is 0.100. The first kappa shape index (κ1) is 20.0. The smallest absolute Gasteiger partial charge is 0.260 e. The first-order valence-corrected chi connectivity index (χ1v) is 10.6. The number of carbonyl (C=O) groups excluding carboxylic acids is 1. The van der Waals surface area contributed by atoms with Crippen LogP contribution in [0.3, 0.4) is 0 Å². The van der Waals surface area contributed by atoms with Crippen molar-refractivity contribution >= 4 is 22.4 Å². The van der Waals surface area contributed by atoms with E-state index in [4.69, 9.17) is 0 Å². The number of hydrogen-bond acceptors (Lipinski definition) is 5. The second-order valence-corrected chi connectivity index (χ2v) is 8.56. The summed E-state index contributed by atoms with van der Waals surface area (Å²) in [6.45, 7) is 6.16. The van der Waals surface area contributed by atoms with E-state index in [9.17, 15) is 4.79 Å². The van der Waals surface area contributed by atoms with Gasteiger partial charge < -0.3 is 0 Å². The Hall–Kier alpha value is -3.32. The van der Waals surface area contributed by atoms with Crippen molar-refractivity contribution < 1.29 is 4.79 Å². The topological polar surface area (TPSA) is 72.7 Å². The molecule has 1 amide bonds. The van der Waals surface area contributed by atoms with E-state index in [1.165, 1.54) is 22.5 Å². The number of benzene rings is 1. The number of pyridine rings is 1. The third-order valence-corrected chi connectivity index (χ3v) is 5.61. The molecule has 1 N–H and O–H groups in total. The summed E-state index contributed by atoms with van der Waals surface area (Å²) in [4.78, 5) is 22.8. The fourth-order valence-corrected chi connectivity index (χ4v) is 4.23. The monoisotopic (exact) mass is 417 g/mol. The van der Waals surface area contributed by atoms with E-state index >= 15 is 0 Å². The lowest BCUT2D eigenvalue weighted by molar-refractivity contribution is 0.102. The number of anilines is 1. The Balaban J connectivity index is 1.53. The second kappa shape index (κ2) is 8.59. The van der Waals surface area contributed by atoms with Gasteiger partial charge in [0.25, 0.3) is 5.91 Å². The summed E-state index contributed by atoms with van der Waals surface area (Å²) in [6, 6.07) is 14.0. The van der Waals surface area contributed by atoms with Crippen molar-refractivity contribution in [3.05, 3.63) is 88.3 Å². The van der Waals surface area contributed by atoms with Crippen molar-refractivity contribution in [2.75, 3.05) is 5.32 Å². The van der Waals surface area contributed by atoms with Crippen LogP contribution in [0.1, 0.15) is 51.8 Å². The number of thiazole rings is 1. The molecule has 0 saturated carbocycles. The van der Waals surface area contributed by atoms with E-state index in [1.54, 1.807) is 17.1 Å². The molecular weight excluding hydrogens is 394 g/mol. The van der Waals surface area contributed by atoms with Gasteiger partial charge in [-0.15, -0.1) is 11.3 Å². The van der Waals surface area contributed by atoms with Gasteiger partial charge in [-0.1, -0.05) is 49.7 Å². The molecule has 6 nitrogen and oxygen atoms in total. The second-order valence-electron chi connectivity index (χ2n) is 7.45. The summed E-state index contributed by atoms with van der Waals surface area (Å²) < 4.78 is 1.73. The Bertz CT molecular complexity index is 1160. The molecule has 4 aromatic rings. The molecule has 4 rings (SSSR count). The highest BCUT2D eigenvalue weighted by molar-refractivity contribution is 7.15. The normalized spacial score (nSPS) is 11.1. The van der Waals surface area contributed by atoms with Crippen LogP contribution in [0.2, 0.25) is 0 Å². The van der Waals surface area contributed by atoms with E-state index < -0.39 is 0 Å². The number of rotatable bonds is 6. The van der Waals surface area contributed by atoms with Gasteiger partial charge in [-0.3, -0.25) is 10.1 Å². The van der Waals surface area contributed by atoms with Crippen molar-refractivity contribution in [2.45, 2.75) is 33.1 Å². The van der Waals surface area contributed by atoms with Crippen molar-refractivity contribution in [3.63, 3.8) is 0 Å². The van der Waals surface area contributed by atoms with Crippen molar-refractivity contribution in [2.24, 2.45) is 0 Å². The van der Waals surface area contributed by atoms with Gasteiger partial charge in [-0.25, -0.2) is 14.6 Å². The van der Waals surface area contributed by atoms with Crippen LogP contribution in [0, 0.1) is 6.92 Å². The molecule has 0 aliphatic heterocycles. The van der Waals surface area contributed by atoms with Gasteiger partial charge in [0.15, 0.2) is 10.9 Å². The maximum atomic E-state index is 13.0. The zero-order valence-corrected chi connectivity index (χ0v) is 18.0. The molecule has 0 aliphatic carbocycles. The molecule has 0 aliphatic rings. The fraction of sp³-hybridized carbons (Fsp3) is 0.217. The summed E-state index contributed by atoms with van der Waals surface area (Å²) in [5.41, 5.74) is 3.82. The Labute approximate surface area is 179 Å². The van der Waals surface area contributed by atoms with E-state index in [0.29, 0.717) is 16.5 Å². The average Bonchev–Trinajstić information content (AvgIpc) is 3.36. The van der Waals surface area contributed by atoms with E-state index in [0.717, 1.165) is 17.0 Å². The Morgan fingerprint density at radius 2 is 2.00 bits per heavy atom. The van der Waals surface area contributed by atoms with Gasteiger partial charge in [0.05, 0.1) is 17.5 Å². The SMILES string of the molecule is Cc1cccc(Cc2cnc(NC(=O)c3cnn(-c4ccccn4)c3C(C)C)s2)c1. The maximum absolute atomic E-state index is 13.0. The van der Waals surface area contributed by atoms with Gasteiger partial charge in [0.1, 0.15) is 0 Å². The minimum atomic E-state index is -0.211. The maximum Gasteiger partial charge on any atom is 0.260 e. The number of nitrogens with one attached hydrogen (secondary N) is 1. The summed E-state index contributed by atoms with van der Waals surface area (Å²) in [5, 5.41) is 7.93. The van der Waals surface area contributed by atoms with Gasteiger partial charge in [0.2, 0.25) is 0 Å². The summed E-state index contributed by atoms with van der Waals surface area (Å²) in [6.07, 6.45) is 5.93. The molecule has 0 saturated heterocycles. The van der Waals surface area contributed by atoms with Crippen LogP contribution in [-0.4, -0.2) is 25.7 Å². The number of nitrogens with zero attached hydrogens (tertiary/aromatic N) is 4. The molecule has 0 spiro atoms. The van der Waals surface area contributed by atoms with E-state index in [-0.39, 0.29) is 11.8 Å². The molecule has 0 fully saturated rings. The quantitative estimate of drug-likeness (QED) is 0.479. The van der Waals surface area contributed by atoms with Crippen molar-refractivity contribution in [3.8, 4) is 5.82 Å². The Morgan fingerprint density at radius 3 is 2.73 bits per heavy atom. The first-order chi connectivity index (χ1) is 14.5. The summed E-state index contributed by atoms with van der Waals surface area (Å²) in [7, 11) is 0. The lowest BCUT2D eigenvalue weighted by Crippen LogP contribution is -2.15.